The van der Waals surface area contributed by atoms with E-state index in [0.717, 1.165) is 28.5 Å². The van der Waals surface area contributed by atoms with Crippen LogP contribution in [0.2, 0.25) is 0 Å². The van der Waals surface area contributed by atoms with Gasteiger partial charge in [-0.25, -0.2) is 0 Å². The van der Waals surface area contributed by atoms with Crippen molar-refractivity contribution >= 4 is 11.6 Å². The molecule has 2 aliphatic heterocycles. The van der Waals surface area contributed by atoms with E-state index in [1.165, 1.54) is 0 Å². The molecule has 0 saturated heterocycles. The molecule has 21 heavy (non-hydrogen) atoms. The Morgan fingerprint density at radius 1 is 0.952 bits per heavy atom. The van der Waals surface area contributed by atoms with E-state index >= 15 is 0 Å². The van der Waals surface area contributed by atoms with Crippen LogP contribution in [0.25, 0.3) is 0 Å². The third kappa shape index (κ3) is 2.07. The zero-order chi connectivity index (χ0) is 14.2. The lowest BCUT2D eigenvalue weighted by molar-refractivity contribution is -0.121. The molecule has 0 saturated carbocycles. The zero-order valence-electron chi connectivity index (χ0n) is 11.2. The predicted molar refractivity (Wildman–Crippen MR) is 75.7 cm³/mol. The first kappa shape index (κ1) is 12.1. The van der Waals surface area contributed by atoms with E-state index in [4.69, 9.17) is 14.2 Å². The highest BCUT2D eigenvalue weighted by molar-refractivity contribution is 5.97. The van der Waals surface area contributed by atoms with Gasteiger partial charge >= 0.3 is 0 Å². The number of carbonyl (C=O) groups excluding carboxylic acids is 1. The number of amides is 1. The first-order valence-corrected chi connectivity index (χ1v) is 6.72. The van der Waals surface area contributed by atoms with Crippen LogP contribution in [0.5, 0.6) is 17.2 Å². The molecule has 5 nitrogen and oxygen atoms in total. The number of para-hydroxylation sites is 2. The summed E-state index contributed by atoms with van der Waals surface area (Å²) < 4.78 is 16.1. The molecular weight excluding hydrogens is 270 g/mol. The predicted octanol–water partition coefficient (Wildman–Crippen LogP) is 2.34. The van der Waals surface area contributed by atoms with Gasteiger partial charge in [0.2, 0.25) is 6.79 Å². The number of ether oxygens (including phenoxy) is 3. The molecule has 0 N–H and O–H groups in total. The van der Waals surface area contributed by atoms with Gasteiger partial charge < -0.3 is 19.1 Å². The van der Waals surface area contributed by atoms with Crippen LogP contribution in [-0.4, -0.2) is 19.3 Å². The molecule has 0 radical (unpaired) electrons. The third-order valence-electron chi connectivity index (χ3n) is 3.59. The summed E-state index contributed by atoms with van der Waals surface area (Å²) in [7, 11) is 0. The van der Waals surface area contributed by atoms with Crippen LogP contribution in [-0.2, 0) is 11.3 Å². The number of rotatable bonds is 2. The molecule has 4 rings (SSSR count). The van der Waals surface area contributed by atoms with Crippen LogP contribution < -0.4 is 19.1 Å². The average molecular weight is 283 g/mol. The average Bonchev–Trinajstić information content (AvgIpc) is 2.98. The van der Waals surface area contributed by atoms with Crippen molar-refractivity contribution in [3.63, 3.8) is 0 Å². The molecule has 0 bridgehead atoms. The van der Waals surface area contributed by atoms with Crippen molar-refractivity contribution < 1.29 is 19.0 Å². The fourth-order valence-electron chi connectivity index (χ4n) is 2.55. The van der Waals surface area contributed by atoms with E-state index in [1.54, 1.807) is 4.90 Å². The van der Waals surface area contributed by atoms with Gasteiger partial charge in [-0.2, -0.15) is 0 Å². The topological polar surface area (TPSA) is 48.0 Å². The molecular formula is C16H13NO4. The summed E-state index contributed by atoms with van der Waals surface area (Å²) in [6.07, 6.45) is 0. The number of carbonyl (C=O) groups is 1. The monoisotopic (exact) mass is 283 g/mol. The zero-order valence-corrected chi connectivity index (χ0v) is 11.2. The minimum Gasteiger partial charge on any atom is -0.482 e. The highest BCUT2D eigenvalue weighted by Crippen LogP contribution is 2.35. The van der Waals surface area contributed by atoms with Crippen molar-refractivity contribution in [3.8, 4) is 17.2 Å². The van der Waals surface area contributed by atoms with E-state index in [-0.39, 0.29) is 19.3 Å². The van der Waals surface area contributed by atoms with Gasteiger partial charge in [0.1, 0.15) is 5.75 Å². The molecule has 0 unspecified atom stereocenters. The van der Waals surface area contributed by atoms with Crippen molar-refractivity contribution in [2.24, 2.45) is 0 Å². The van der Waals surface area contributed by atoms with Gasteiger partial charge in [-0.3, -0.25) is 4.79 Å². The highest BCUT2D eigenvalue weighted by Gasteiger charge is 2.25. The van der Waals surface area contributed by atoms with Gasteiger partial charge in [0, 0.05) is 0 Å². The fraction of sp³-hybridized carbons (Fsp3) is 0.188. The Morgan fingerprint density at radius 2 is 1.81 bits per heavy atom. The van der Waals surface area contributed by atoms with Crippen LogP contribution in [0.1, 0.15) is 5.56 Å². The summed E-state index contributed by atoms with van der Waals surface area (Å²) in [5.41, 5.74) is 1.79. The van der Waals surface area contributed by atoms with Crippen molar-refractivity contribution in [3.05, 3.63) is 48.0 Å². The van der Waals surface area contributed by atoms with E-state index in [1.807, 2.05) is 42.5 Å². The van der Waals surface area contributed by atoms with E-state index in [9.17, 15) is 4.79 Å². The van der Waals surface area contributed by atoms with E-state index < -0.39 is 0 Å². The van der Waals surface area contributed by atoms with Crippen LogP contribution in [0.3, 0.4) is 0 Å². The van der Waals surface area contributed by atoms with Crippen molar-refractivity contribution in [2.75, 3.05) is 18.3 Å². The summed E-state index contributed by atoms with van der Waals surface area (Å²) in [6, 6.07) is 13.3. The molecule has 0 atom stereocenters. The Labute approximate surface area is 121 Å². The van der Waals surface area contributed by atoms with Crippen LogP contribution in [0.15, 0.2) is 42.5 Å². The van der Waals surface area contributed by atoms with Crippen molar-refractivity contribution in [1.82, 2.24) is 0 Å². The number of benzene rings is 2. The molecule has 2 aromatic rings. The minimum absolute atomic E-state index is 0.0497. The van der Waals surface area contributed by atoms with Crippen LogP contribution in [0.4, 0.5) is 5.69 Å². The Morgan fingerprint density at radius 3 is 2.76 bits per heavy atom. The molecule has 1 amide bonds. The second-order valence-corrected chi connectivity index (χ2v) is 4.92. The molecule has 0 aromatic heterocycles. The molecule has 2 heterocycles. The largest absolute Gasteiger partial charge is 0.482 e. The first-order valence-electron chi connectivity index (χ1n) is 6.72. The first-order chi connectivity index (χ1) is 10.3. The second-order valence-electron chi connectivity index (χ2n) is 4.92. The lowest BCUT2D eigenvalue weighted by atomic mass is 10.1. The fourth-order valence-corrected chi connectivity index (χ4v) is 2.55. The molecule has 106 valence electrons. The molecule has 2 aromatic carbocycles. The molecule has 0 fully saturated rings. The number of anilines is 1. The van der Waals surface area contributed by atoms with Gasteiger partial charge in [-0.05, 0) is 29.8 Å². The standard InChI is InChI=1S/C16H13NO4/c18-16-9-19-13-4-2-1-3-12(13)17(16)8-11-5-6-14-15(7-11)21-10-20-14/h1-7H,8-10H2. The van der Waals surface area contributed by atoms with Crippen molar-refractivity contribution in [2.45, 2.75) is 6.54 Å². The maximum Gasteiger partial charge on any atom is 0.265 e. The van der Waals surface area contributed by atoms with Gasteiger partial charge in [-0.1, -0.05) is 18.2 Å². The molecule has 5 heteroatoms. The Bertz CT molecular complexity index is 713. The number of hydrogen-bond donors (Lipinski definition) is 0. The number of fused-ring (bicyclic) bond motifs is 2. The Balaban J connectivity index is 1.66. The summed E-state index contributed by atoms with van der Waals surface area (Å²) in [5, 5.41) is 0. The molecule has 0 aliphatic carbocycles. The smallest absolute Gasteiger partial charge is 0.265 e. The van der Waals surface area contributed by atoms with Crippen LogP contribution in [0, 0.1) is 0 Å². The van der Waals surface area contributed by atoms with E-state index in [2.05, 4.69) is 0 Å². The second kappa shape index (κ2) is 4.70. The van der Waals surface area contributed by atoms with Gasteiger partial charge in [-0.15, -0.1) is 0 Å². The minimum atomic E-state index is -0.0497. The van der Waals surface area contributed by atoms with E-state index in [0.29, 0.717) is 6.54 Å². The summed E-state index contributed by atoms with van der Waals surface area (Å²) >= 11 is 0. The maximum atomic E-state index is 12.1. The maximum absolute atomic E-state index is 12.1. The highest BCUT2D eigenvalue weighted by atomic mass is 16.7. The van der Waals surface area contributed by atoms with Gasteiger partial charge in [0.15, 0.2) is 18.1 Å². The SMILES string of the molecule is O=C1COc2ccccc2N1Cc1ccc2c(c1)OCO2. The summed E-state index contributed by atoms with van der Waals surface area (Å²) in [5.74, 6) is 2.15. The van der Waals surface area contributed by atoms with Crippen molar-refractivity contribution in [1.29, 1.82) is 0 Å². The lowest BCUT2D eigenvalue weighted by Gasteiger charge is -2.29. The Hall–Kier alpha value is -2.69. The summed E-state index contributed by atoms with van der Waals surface area (Å²) in [6.45, 7) is 0.801. The summed E-state index contributed by atoms with van der Waals surface area (Å²) in [4.78, 5) is 13.9. The normalized spacial score (nSPS) is 15.6. The molecule has 0 spiro atoms. The Kier molecular flexibility index (Phi) is 2.70. The van der Waals surface area contributed by atoms with Gasteiger partial charge in [0.25, 0.3) is 5.91 Å². The molecule has 2 aliphatic rings. The number of hydrogen-bond acceptors (Lipinski definition) is 4. The third-order valence-corrected chi connectivity index (χ3v) is 3.59. The number of nitrogens with zero attached hydrogens (tertiary/aromatic N) is 1. The quantitative estimate of drug-likeness (QED) is 0.848. The lowest BCUT2D eigenvalue weighted by Crippen LogP contribution is -2.38. The van der Waals surface area contributed by atoms with Gasteiger partial charge in [0.05, 0.1) is 12.2 Å². The van der Waals surface area contributed by atoms with Crippen LogP contribution >= 0.6 is 0 Å².